The summed E-state index contributed by atoms with van der Waals surface area (Å²) >= 11 is 0. The second-order valence-electron chi connectivity index (χ2n) is 8.40. The van der Waals surface area contributed by atoms with Crippen LogP contribution in [0, 0.1) is 11.8 Å². The molecule has 2 atom stereocenters. The number of carbonyl (C=O) groups is 5. The molecule has 0 N–H and O–H groups in total. The molecule has 7 nitrogen and oxygen atoms in total. The van der Waals surface area contributed by atoms with E-state index in [9.17, 15) is 24.0 Å². The fourth-order valence-electron chi connectivity index (χ4n) is 4.30. The molecule has 0 radical (unpaired) electrons. The maximum Gasteiger partial charge on any atom is 0.261 e. The Morgan fingerprint density at radius 1 is 0.625 bits per heavy atom. The molecule has 0 aliphatic carbocycles. The molecule has 164 valence electrons. The lowest BCUT2D eigenvalue weighted by molar-refractivity contribution is -0.126. The highest BCUT2D eigenvalue weighted by molar-refractivity contribution is 6.22. The lowest BCUT2D eigenvalue weighted by atomic mass is 9.90. The van der Waals surface area contributed by atoms with Crippen molar-refractivity contribution >= 4 is 29.4 Å². The summed E-state index contributed by atoms with van der Waals surface area (Å²) in [7, 11) is 0. The maximum atomic E-state index is 12.8. The van der Waals surface area contributed by atoms with Crippen molar-refractivity contribution in [1.82, 2.24) is 9.80 Å². The zero-order chi connectivity index (χ0) is 23.0. The lowest BCUT2D eigenvalue weighted by Crippen LogP contribution is -2.34. The molecule has 2 aliphatic rings. The van der Waals surface area contributed by atoms with Gasteiger partial charge in [-0.1, -0.05) is 38.1 Å². The van der Waals surface area contributed by atoms with Gasteiger partial charge in [-0.25, -0.2) is 0 Å². The SMILES string of the molecule is CC(CCN1C(=O)c2ccccc2C1=O)C(=O)C(C)CCN1C(=O)c2ccccc2C1=O. The summed E-state index contributed by atoms with van der Waals surface area (Å²) in [4.78, 5) is 65.1. The average molecular weight is 432 g/mol. The summed E-state index contributed by atoms with van der Waals surface area (Å²) in [5.41, 5.74) is 1.58. The van der Waals surface area contributed by atoms with Crippen LogP contribution in [0.2, 0.25) is 0 Å². The first-order valence-corrected chi connectivity index (χ1v) is 10.8. The molecule has 4 amide bonds. The van der Waals surface area contributed by atoms with Gasteiger partial charge in [0, 0.05) is 24.9 Å². The molecule has 2 heterocycles. The predicted molar refractivity (Wildman–Crippen MR) is 116 cm³/mol. The molecule has 32 heavy (non-hydrogen) atoms. The molecule has 2 aromatic rings. The lowest BCUT2D eigenvalue weighted by Gasteiger charge is -2.21. The van der Waals surface area contributed by atoms with Crippen LogP contribution in [0.5, 0.6) is 0 Å². The van der Waals surface area contributed by atoms with Crippen molar-refractivity contribution < 1.29 is 24.0 Å². The Balaban J connectivity index is 1.30. The standard InChI is InChI=1S/C25H24N2O5/c1-15(11-13-26-22(29)17-7-3-4-8-18(17)23(26)30)21(28)16(2)12-14-27-24(31)19-9-5-6-10-20(19)25(27)32/h3-10,15-16H,11-14H2,1-2H3. The van der Waals surface area contributed by atoms with Crippen LogP contribution >= 0.6 is 0 Å². The van der Waals surface area contributed by atoms with E-state index < -0.39 is 0 Å². The Kier molecular flexibility index (Phi) is 5.74. The number of Topliss-reactive ketones (excluding diaryl/α,β-unsaturated/α-hetero) is 1. The number of rotatable bonds is 8. The Labute approximate surface area is 186 Å². The van der Waals surface area contributed by atoms with Gasteiger partial charge < -0.3 is 0 Å². The second kappa shape index (κ2) is 8.49. The van der Waals surface area contributed by atoms with Crippen LogP contribution < -0.4 is 0 Å². The summed E-state index contributed by atoms with van der Waals surface area (Å²) in [6.07, 6.45) is 0.726. The number of fused-ring (bicyclic) bond motifs is 2. The number of ketones is 1. The Morgan fingerprint density at radius 3 is 1.19 bits per heavy atom. The minimum Gasteiger partial charge on any atom is -0.299 e. The van der Waals surface area contributed by atoms with Gasteiger partial charge in [0.2, 0.25) is 0 Å². The zero-order valence-corrected chi connectivity index (χ0v) is 18.0. The third-order valence-corrected chi connectivity index (χ3v) is 6.30. The van der Waals surface area contributed by atoms with Crippen LogP contribution in [-0.4, -0.2) is 52.3 Å². The molecule has 2 unspecified atom stereocenters. The van der Waals surface area contributed by atoms with Crippen molar-refractivity contribution in [2.24, 2.45) is 11.8 Å². The molecule has 2 aliphatic heterocycles. The normalized spacial score (nSPS) is 16.9. The summed E-state index contributed by atoms with van der Waals surface area (Å²) in [5, 5.41) is 0. The quantitative estimate of drug-likeness (QED) is 0.598. The van der Waals surface area contributed by atoms with E-state index in [1.807, 2.05) is 0 Å². The average Bonchev–Trinajstić information content (AvgIpc) is 3.20. The van der Waals surface area contributed by atoms with Gasteiger partial charge in [0.25, 0.3) is 23.6 Å². The molecule has 0 saturated carbocycles. The van der Waals surface area contributed by atoms with Gasteiger partial charge in [0.05, 0.1) is 22.3 Å². The number of nitrogens with zero attached hydrogens (tertiary/aromatic N) is 2. The van der Waals surface area contributed by atoms with Crippen LogP contribution in [-0.2, 0) is 4.79 Å². The van der Waals surface area contributed by atoms with E-state index in [2.05, 4.69) is 0 Å². The first-order valence-electron chi connectivity index (χ1n) is 10.8. The summed E-state index contributed by atoms with van der Waals surface area (Å²) in [6, 6.07) is 13.4. The van der Waals surface area contributed by atoms with E-state index in [1.54, 1.807) is 62.4 Å². The van der Waals surface area contributed by atoms with Gasteiger partial charge in [0.15, 0.2) is 0 Å². The fraction of sp³-hybridized carbons (Fsp3) is 0.320. The van der Waals surface area contributed by atoms with E-state index >= 15 is 0 Å². The second-order valence-corrected chi connectivity index (χ2v) is 8.40. The first-order chi connectivity index (χ1) is 15.3. The maximum absolute atomic E-state index is 12.8. The monoisotopic (exact) mass is 432 g/mol. The summed E-state index contributed by atoms with van der Waals surface area (Å²) < 4.78 is 0. The molecule has 0 saturated heterocycles. The molecule has 7 heteroatoms. The number of amides is 4. The number of carbonyl (C=O) groups excluding carboxylic acids is 5. The van der Waals surface area contributed by atoms with Crippen molar-refractivity contribution in [3.05, 3.63) is 70.8 Å². The summed E-state index contributed by atoms with van der Waals surface area (Å²) in [5.74, 6) is -2.06. The van der Waals surface area contributed by atoms with Gasteiger partial charge in [-0.05, 0) is 37.1 Å². The minimum absolute atomic E-state index is 0.0155. The third-order valence-electron chi connectivity index (χ3n) is 6.30. The van der Waals surface area contributed by atoms with Crippen molar-refractivity contribution in [2.45, 2.75) is 26.7 Å². The fourth-order valence-corrected chi connectivity index (χ4v) is 4.30. The van der Waals surface area contributed by atoms with E-state index in [1.165, 1.54) is 9.80 Å². The molecule has 0 bridgehead atoms. The molecule has 0 aromatic heterocycles. The van der Waals surface area contributed by atoms with Crippen LogP contribution in [0.1, 0.15) is 68.1 Å². The molecule has 0 spiro atoms. The number of benzene rings is 2. The van der Waals surface area contributed by atoms with Crippen molar-refractivity contribution in [3.63, 3.8) is 0 Å². The van der Waals surface area contributed by atoms with Gasteiger partial charge >= 0.3 is 0 Å². The first kappa shape index (κ1) is 21.6. The zero-order valence-electron chi connectivity index (χ0n) is 18.0. The molecule has 4 rings (SSSR count). The Bertz CT molecular complexity index is 981. The molecular weight excluding hydrogens is 408 g/mol. The number of imide groups is 2. The number of hydrogen-bond donors (Lipinski definition) is 0. The van der Waals surface area contributed by atoms with Crippen molar-refractivity contribution in [1.29, 1.82) is 0 Å². The molecule has 0 fully saturated rings. The predicted octanol–water partition coefficient (Wildman–Crippen LogP) is 3.20. The third kappa shape index (κ3) is 3.64. The molecular formula is C25H24N2O5. The van der Waals surface area contributed by atoms with E-state index in [0.29, 0.717) is 35.1 Å². The van der Waals surface area contributed by atoms with Gasteiger partial charge in [0.1, 0.15) is 5.78 Å². The highest BCUT2D eigenvalue weighted by Crippen LogP contribution is 2.26. The van der Waals surface area contributed by atoms with Crippen LogP contribution in [0.15, 0.2) is 48.5 Å². The Morgan fingerprint density at radius 2 is 0.906 bits per heavy atom. The topological polar surface area (TPSA) is 91.8 Å². The smallest absolute Gasteiger partial charge is 0.261 e. The van der Waals surface area contributed by atoms with Crippen LogP contribution in [0.4, 0.5) is 0 Å². The van der Waals surface area contributed by atoms with Gasteiger partial charge in [-0.15, -0.1) is 0 Å². The Hall–Kier alpha value is -3.61. The van der Waals surface area contributed by atoms with Crippen molar-refractivity contribution in [3.8, 4) is 0 Å². The largest absolute Gasteiger partial charge is 0.299 e. The highest BCUT2D eigenvalue weighted by atomic mass is 16.2. The van der Waals surface area contributed by atoms with E-state index in [4.69, 9.17) is 0 Å². The van der Waals surface area contributed by atoms with Crippen LogP contribution in [0.3, 0.4) is 0 Å². The molecule has 2 aromatic carbocycles. The highest BCUT2D eigenvalue weighted by Gasteiger charge is 2.37. The summed E-state index contributed by atoms with van der Waals surface area (Å²) in [6.45, 7) is 3.90. The van der Waals surface area contributed by atoms with Crippen LogP contribution in [0.25, 0.3) is 0 Å². The van der Waals surface area contributed by atoms with E-state index in [-0.39, 0.29) is 54.3 Å². The minimum atomic E-state index is -0.364. The van der Waals surface area contributed by atoms with Gasteiger partial charge in [-0.2, -0.15) is 0 Å². The van der Waals surface area contributed by atoms with Gasteiger partial charge in [-0.3, -0.25) is 33.8 Å². The van der Waals surface area contributed by atoms with E-state index in [0.717, 1.165) is 0 Å². The number of hydrogen-bond acceptors (Lipinski definition) is 5. The van der Waals surface area contributed by atoms with Crippen molar-refractivity contribution in [2.75, 3.05) is 13.1 Å².